The highest BCUT2D eigenvalue weighted by Gasteiger charge is 2.59. The number of hydrogen-bond acceptors (Lipinski definition) is 1. The molecule has 60 valence electrons. The van der Waals surface area contributed by atoms with Crippen molar-refractivity contribution in [3.05, 3.63) is 12.2 Å². The normalized spacial score (nSPS) is 54.5. The third-order valence-electron chi connectivity index (χ3n) is 3.71. The average Bonchev–Trinajstić information content (AvgIpc) is 2.46. The van der Waals surface area contributed by atoms with Crippen LogP contribution in [-0.4, -0.2) is 23.0 Å². The molecule has 3 fully saturated rings. The van der Waals surface area contributed by atoms with E-state index in [1.54, 1.807) is 0 Å². The molecule has 0 aromatic rings. The predicted molar refractivity (Wildman–Crippen MR) is 45.4 cm³/mol. The molecular weight excluding hydrogens is 134 g/mol. The molecule has 1 saturated carbocycles. The summed E-state index contributed by atoms with van der Waals surface area (Å²) in [5.74, 6) is 1.06. The van der Waals surface area contributed by atoms with Crippen molar-refractivity contribution in [1.29, 1.82) is 0 Å². The minimum atomic E-state index is 0.532. The van der Waals surface area contributed by atoms with Crippen molar-refractivity contribution in [2.24, 2.45) is 5.92 Å². The van der Waals surface area contributed by atoms with E-state index < -0.39 is 0 Å². The number of piperidine rings is 1. The fourth-order valence-electron chi connectivity index (χ4n) is 3.23. The highest BCUT2D eigenvalue weighted by Crippen LogP contribution is 2.57. The van der Waals surface area contributed by atoms with Crippen LogP contribution >= 0.6 is 0 Å². The van der Waals surface area contributed by atoms with E-state index in [-0.39, 0.29) is 0 Å². The zero-order chi connectivity index (χ0) is 7.64. The molecular formula is C10H15N. The predicted octanol–water partition coefficient (Wildman–Crippen LogP) is 1.80. The van der Waals surface area contributed by atoms with E-state index in [0.29, 0.717) is 5.54 Å². The van der Waals surface area contributed by atoms with Gasteiger partial charge in [-0.2, -0.15) is 0 Å². The smallest absolute Gasteiger partial charge is 0.0228 e. The molecule has 0 bridgehead atoms. The Morgan fingerprint density at radius 1 is 1.64 bits per heavy atom. The van der Waals surface area contributed by atoms with Crippen LogP contribution in [0.2, 0.25) is 0 Å². The fourth-order valence-corrected chi connectivity index (χ4v) is 3.23. The van der Waals surface area contributed by atoms with Gasteiger partial charge in [0.05, 0.1) is 0 Å². The molecule has 11 heavy (non-hydrogen) atoms. The standard InChI is InChI=1S/C10H15N/c1-7-4-10(2)5-8-3-9(8)11(10)6-7/h8-9H,1,3-6H2,2H3/t8-,9-,10-/m0/s1. The van der Waals surface area contributed by atoms with Gasteiger partial charge in [-0.1, -0.05) is 12.2 Å². The summed E-state index contributed by atoms with van der Waals surface area (Å²) < 4.78 is 0. The molecule has 2 heterocycles. The van der Waals surface area contributed by atoms with Crippen molar-refractivity contribution in [3.8, 4) is 0 Å². The molecule has 2 saturated heterocycles. The van der Waals surface area contributed by atoms with E-state index in [2.05, 4.69) is 18.4 Å². The van der Waals surface area contributed by atoms with Gasteiger partial charge in [-0.3, -0.25) is 4.90 Å². The van der Waals surface area contributed by atoms with Crippen molar-refractivity contribution in [3.63, 3.8) is 0 Å². The Hall–Kier alpha value is -0.300. The third kappa shape index (κ3) is 0.652. The molecule has 3 rings (SSSR count). The van der Waals surface area contributed by atoms with E-state index in [9.17, 15) is 0 Å². The molecule has 3 aliphatic rings. The third-order valence-corrected chi connectivity index (χ3v) is 3.71. The van der Waals surface area contributed by atoms with E-state index >= 15 is 0 Å². The topological polar surface area (TPSA) is 3.24 Å². The van der Waals surface area contributed by atoms with Gasteiger partial charge in [0.25, 0.3) is 0 Å². The zero-order valence-electron chi connectivity index (χ0n) is 7.14. The molecule has 0 spiro atoms. The van der Waals surface area contributed by atoms with E-state index in [4.69, 9.17) is 0 Å². The van der Waals surface area contributed by atoms with Crippen LogP contribution in [0.1, 0.15) is 26.2 Å². The van der Waals surface area contributed by atoms with Crippen LogP contribution in [0.3, 0.4) is 0 Å². The number of fused-ring (bicyclic) bond motifs is 3. The molecule has 1 heteroatoms. The summed E-state index contributed by atoms with van der Waals surface area (Å²) in [6.07, 6.45) is 4.18. The van der Waals surface area contributed by atoms with Gasteiger partial charge < -0.3 is 0 Å². The monoisotopic (exact) mass is 149 g/mol. The Balaban J connectivity index is 1.96. The Labute approximate surface area is 68.1 Å². The lowest BCUT2D eigenvalue weighted by atomic mass is 9.93. The highest BCUT2D eigenvalue weighted by molar-refractivity contribution is 5.23. The quantitative estimate of drug-likeness (QED) is 0.475. The Morgan fingerprint density at radius 3 is 3.18 bits per heavy atom. The Morgan fingerprint density at radius 2 is 2.45 bits per heavy atom. The Bertz CT molecular complexity index is 233. The second kappa shape index (κ2) is 1.56. The summed E-state index contributed by atoms with van der Waals surface area (Å²) in [6.45, 7) is 7.70. The van der Waals surface area contributed by atoms with Gasteiger partial charge in [0.2, 0.25) is 0 Å². The summed E-state index contributed by atoms with van der Waals surface area (Å²) in [5, 5.41) is 0. The maximum Gasteiger partial charge on any atom is 0.0228 e. The van der Waals surface area contributed by atoms with Crippen LogP contribution in [0.5, 0.6) is 0 Å². The molecule has 0 aromatic heterocycles. The summed E-state index contributed by atoms with van der Waals surface area (Å²) in [4.78, 5) is 2.69. The van der Waals surface area contributed by atoms with Crippen molar-refractivity contribution in [1.82, 2.24) is 4.90 Å². The molecule has 0 radical (unpaired) electrons. The second-order valence-corrected chi connectivity index (χ2v) is 4.82. The largest absolute Gasteiger partial charge is 0.290 e. The summed E-state index contributed by atoms with van der Waals surface area (Å²) in [5.41, 5.74) is 1.99. The first-order chi connectivity index (χ1) is 5.19. The lowest BCUT2D eigenvalue weighted by Crippen LogP contribution is -2.37. The van der Waals surface area contributed by atoms with E-state index in [1.165, 1.54) is 31.4 Å². The van der Waals surface area contributed by atoms with Gasteiger partial charge >= 0.3 is 0 Å². The van der Waals surface area contributed by atoms with Crippen LogP contribution in [0.25, 0.3) is 0 Å². The molecule has 1 aliphatic carbocycles. The zero-order valence-corrected chi connectivity index (χ0v) is 7.14. The molecule has 3 atom stereocenters. The highest BCUT2D eigenvalue weighted by atomic mass is 15.3. The molecule has 0 N–H and O–H groups in total. The minimum Gasteiger partial charge on any atom is -0.290 e. The van der Waals surface area contributed by atoms with Gasteiger partial charge in [0, 0.05) is 18.1 Å². The lowest BCUT2D eigenvalue weighted by Gasteiger charge is -2.29. The van der Waals surface area contributed by atoms with Gasteiger partial charge in [0.15, 0.2) is 0 Å². The first kappa shape index (κ1) is 6.24. The Kier molecular flexibility index (Phi) is 0.885. The van der Waals surface area contributed by atoms with Crippen molar-refractivity contribution in [2.45, 2.75) is 37.8 Å². The van der Waals surface area contributed by atoms with Gasteiger partial charge in [-0.15, -0.1) is 0 Å². The lowest BCUT2D eigenvalue weighted by molar-refractivity contribution is 0.181. The molecule has 1 nitrogen and oxygen atoms in total. The van der Waals surface area contributed by atoms with Crippen LogP contribution in [0.15, 0.2) is 12.2 Å². The first-order valence-electron chi connectivity index (χ1n) is 4.62. The van der Waals surface area contributed by atoms with E-state index in [0.717, 1.165) is 12.0 Å². The first-order valence-corrected chi connectivity index (χ1v) is 4.62. The van der Waals surface area contributed by atoms with Crippen LogP contribution in [0.4, 0.5) is 0 Å². The number of hydrogen-bond donors (Lipinski definition) is 0. The van der Waals surface area contributed by atoms with Crippen molar-refractivity contribution < 1.29 is 0 Å². The number of nitrogens with zero attached hydrogens (tertiary/aromatic N) is 1. The van der Waals surface area contributed by atoms with Gasteiger partial charge in [-0.25, -0.2) is 0 Å². The maximum atomic E-state index is 4.09. The summed E-state index contributed by atoms with van der Waals surface area (Å²) >= 11 is 0. The van der Waals surface area contributed by atoms with Crippen LogP contribution in [0, 0.1) is 5.92 Å². The van der Waals surface area contributed by atoms with Gasteiger partial charge in [-0.05, 0) is 32.1 Å². The molecule has 0 aromatic carbocycles. The minimum absolute atomic E-state index is 0.532. The summed E-state index contributed by atoms with van der Waals surface area (Å²) in [6, 6.07) is 0.958. The van der Waals surface area contributed by atoms with Crippen LogP contribution < -0.4 is 0 Å². The average molecular weight is 149 g/mol. The fraction of sp³-hybridized carbons (Fsp3) is 0.800. The second-order valence-electron chi connectivity index (χ2n) is 4.82. The summed E-state index contributed by atoms with van der Waals surface area (Å²) in [7, 11) is 0. The molecule has 0 amide bonds. The van der Waals surface area contributed by atoms with Crippen molar-refractivity contribution in [2.75, 3.05) is 6.54 Å². The SMILES string of the molecule is C=C1CN2[C@H]3C[C@H]3C[C@]2(C)C1. The molecule has 0 unspecified atom stereocenters. The van der Waals surface area contributed by atoms with Gasteiger partial charge in [0.1, 0.15) is 0 Å². The van der Waals surface area contributed by atoms with Crippen molar-refractivity contribution >= 4 is 0 Å². The van der Waals surface area contributed by atoms with E-state index in [1.807, 2.05) is 0 Å². The van der Waals surface area contributed by atoms with Crippen LogP contribution in [-0.2, 0) is 0 Å². The maximum absolute atomic E-state index is 4.09. The number of rotatable bonds is 0. The molecule has 2 aliphatic heterocycles.